The summed E-state index contributed by atoms with van der Waals surface area (Å²) in [5, 5.41) is 17.3. The fourth-order valence-electron chi connectivity index (χ4n) is 5.60. The van der Waals surface area contributed by atoms with Gasteiger partial charge in [-0.3, -0.25) is 4.98 Å². The van der Waals surface area contributed by atoms with Crippen LogP contribution in [0, 0.1) is 0 Å². The van der Waals surface area contributed by atoms with Gasteiger partial charge in [0.05, 0.1) is 24.0 Å². The normalized spacial score (nSPS) is 19.5. The molecule has 2 N–H and O–H groups in total. The van der Waals surface area contributed by atoms with Gasteiger partial charge in [0.2, 0.25) is 0 Å². The lowest BCUT2D eigenvalue weighted by Crippen LogP contribution is -2.38. The molecule has 0 spiro atoms. The molecular weight excluding hydrogens is 535 g/mol. The molecule has 1 fully saturated rings. The van der Waals surface area contributed by atoms with Gasteiger partial charge in [0.25, 0.3) is 0 Å². The Morgan fingerprint density at radius 1 is 1.02 bits per heavy atom. The molecule has 1 aliphatic carbocycles. The fraction of sp³-hybridized carbons (Fsp3) is 0.300. The first-order valence-electron chi connectivity index (χ1n) is 13.1. The van der Waals surface area contributed by atoms with Crippen molar-refractivity contribution in [3.8, 4) is 11.1 Å². The van der Waals surface area contributed by atoms with Crippen LogP contribution in [0.2, 0.25) is 0 Å². The molecule has 206 valence electrons. The maximum absolute atomic E-state index is 12.9. The third kappa shape index (κ3) is 5.52. The van der Waals surface area contributed by atoms with Crippen LogP contribution in [-0.4, -0.2) is 51.5 Å². The van der Waals surface area contributed by atoms with Crippen molar-refractivity contribution in [3.63, 3.8) is 0 Å². The average Bonchev–Trinajstić information content (AvgIpc) is 3.52. The first kappa shape index (κ1) is 26.6. The second-order valence-electron chi connectivity index (χ2n) is 10.3. The number of nitrogens with one attached hydrogen (secondary N) is 1. The van der Waals surface area contributed by atoms with Gasteiger partial charge in [0, 0.05) is 47.9 Å². The Morgan fingerprint density at radius 3 is 2.62 bits per heavy atom. The summed E-state index contributed by atoms with van der Waals surface area (Å²) in [4.78, 5) is 15.5. The predicted octanol–water partition coefficient (Wildman–Crippen LogP) is 6.13. The van der Waals surface area contributed by atoms with Crippen LogP contribution in [-0.2, 0) is 13.0 Å². The molecule has 0 aliphatic heterocycles. The van der Waals surface area contributed by atoms with E-state index in [0.29, 0.717) is 35.4 Å². The molecule has 2 aromatic carbocycles. The zero-order valence-electron chi connectivity index (χ0n) is 21.8. The summed E-state index contributed by atoms with van der Waals surface area (Å²) in [5.74, 6) is 0.540. The van der Waals surface area contributed by atoms with E-state index in [-0.39, 0.29) is 17.0 Å². The Bertz CT molecular complexity index is 1630. The predicted molar refractivity (Wildman–Crippen MR) is 152 cm³/mol. The molecule has 6 nitrogen and oxygen atoms in total. The van der Waals surface area contributed by atoms with Crippen molar-refractivity contribution in [1.29, 1.82) is 0 Å². The number of anilines is 1. The summed E-state index contributed by atoms with van der Waals surface area (Å²) in [6.07, 6.45) is 0.526. The number of benzene rings is 2. The highest BCUT2D eigenvalue weighted by atomic mass is 32.1. The van der Waals surface area contributed by atoms with Crippen LogP contribution in [0.4, 0.5) is 19.0 Å². The van der Waals surface area contributed by atoms with Crippen LogP contribution in [0.1, 0.15) is 23.3 Å². The van der Waals surface area contributed by atoms with E-state index in [0.717, 1.165) is 33.4 Å². The van der Waals surface area contributed by atoms with Gasteiger partial charge in [-0.1, -0.05) is 48.5 Å². The summed E-state index contributed by atoms with van der Waals surface area (Å²) in [7, 11) is 1.83. The fourth-order valence-corrected chi connectivity index (χ4v) is 6.62. The maximum Gasteiger partial charge on any atom is 0.393 e. The van der Waals surface area contributed by atoms with E-state index >= 15 is 0 Å². The van der Waals surface area contributed by atoms with Crippen molar-refractivity contribution in [2.24, 2.45) is 0 Å². The molecule has 3 heterocycles. The van der Waals surface area contributed by atoms with Crippen molar-refractivity contribution >= 4 is 38.1 Å². The van der Waals surface area contributed by atoms with Gasteiger partial charge in [-0.15, -0.1) is 11.3 Å². The van der Waals surface area contributed by atoms with Crippen molar-refractivity contribution < 1.29 is 18.3 Å². The number of hydrogen-bond donors (Lipinski definition) is 2. The van der Waals surface area contributed by atoms with Crippen molar-refractivity contribution in [3.05, 3.63) is 83.8 Å². The van der Waals surface area contributed by atoms with E-state index < -0.39 is 18.7 Å². The third-order valence-electron chi connectivity index (χ3n) is 7.59. The molecule has 3 atom stereocenters. The number of aliphatic hydroxyl groups excluding tert-OH is 1. The lowest BCUT2D eigenvalue weighted by atomic mass is 10.00. The minimum absolute atomic E-state index is 0.0880. The van der Waals surface area contributed by atoms with Crippen LogP contribution in [0.25, 0.3) is 32.1 Å². The van der Waals surface area contributed by atoms with Crippen LogP contribution in [0.3, 0.4) is 0 Å². The number of hydrogen-bond acceptors (Lipinski definition) is 7. The summed E-state index contributed by atoms with van der Waals surface area (Å²) in [6, 6.07) is 18.0. The van der Waals surface area contributed by atoms with Crippen LogP contribution in [0.15, 0.2) is 73.3 Å². The molecule has 0 amide bonds. The molecule has 3 unspecified atom stereocenters. The quantitative estimate of drug-likeness (QED) is 0.248. The van der Waals surface area contributed by atoms with E-state index in [1.807, 2.05) is 36.5 Å². The van der Waals surface area contributed by atoms with Gasteiger partial charge in [-0.2, -0.15) is 13.2 Å². The number of halogens is 3. The number of alkyl halides is 3. The first-order chi connectivity index (χ1) is 19.2. The SMILES string of the molecule is CN(c1ncnc2sc(CC(F)(F)F)cc12)C1CC(NCc2ccc(-c3cncc4ccccc34)cc2)CC1O. The highest BCUT2D eigenvalue weighted by Crippen LogP contribution is 2.36. The van der Waals surface area contributed by atoms with Crippen molar-refractivity contribution in [2.75, 3.05) is 11.9 Å². The largest absolute Gasteiger partial charge is 0.393 e. The monoisotopic (exact) mass is 563 g/mol. The zero-order chi connectivity index (χ0) is 27.9. The molecule has 40 heavy (non-hydrogen) atoms. The van der Waals surface area contributed by atoms with Gasteiger partial charge in [0.1, 0.15) is 17.0 Å². The van der Waals surface area contributed by atoms with E-state index in [4.69, 9.17) is 0 Å². The number of rotatable bonds is 7. The first-order valence-corrected chi connectivity index (χ1v) is 13.9. The Balaban J connectivity index is 1.11. The number of nitrogens with zero attached hydrogens (tertiary/aromatic N) is 4. The maximum atomic E-state index is 12.9. The standard InChI is InChI=1S/C30H28F3N5OS/c1-38(28-24-12-22(13-30(31,32)33)40-29(24)37-17-36-28)26-10-21(11-27(26)39)35-14-18-6-8-19(9-7-18)25-16-34-15-20-4-2-3-5-23(20)25/h2-9,12,15-17,21,26-27,35,39H,10-11,13-14H2,1H3. The molecule has 3 aromatic heterocycles. The number of fused-ring (bicyclic) bond motifs is 2. The molecule has 0 bridgehead atoms. The second kappa shape index (κ2) is 10.8. The highest BCUT2D eigenvalue weighted by molar-refractivity contribution is 7.18. The molecule has 1 saturated carbocycles. The van der Waals surface area contributed by atoms with Crippen LogP contribution in [0.5, 0.6) is 0 Å². The summed E-state index contributed by atoms with van der Waals surface area (Å²) in [5.41, 5.74) is 3.34. The van der Waals surface area contributed by atoms with Gasteiger partial charge >= 0.3 is 6.18 Å². The minimum Gasteiger partial charge on any atom is -0.391 e. The van der Waals surface area contributed by atoms with E-state index in [9.17, 15) is 18.3 Å². The van der Waals surface area contributed by atoms with Gasteiger partial charge in [-0.25, -0.2) is 9.97 Å². The van der Waals surface area contributed by atoms with Crippen LogP contribution < -0.4 is 10.2 Å². The van der Waals surface area contributed by atoms with Crippen molar-refractivity contribution in [1.82, 2.24) is 20.3 Å². The second-order valence-corrected chi connectivity index (χ2v) is 11.4. The molecule has 1 aliphatic rings. The summed E-state index contributed by atoms with van der Waals surface area (Å²) in [6.45, 7) is 0.658. The third-order valence-corrected chi connectivity index (χ3v) is 8.63. The van der Waals surface area contributed by atoms with Crippen molar-refractivity contribution in [2.45, 2.75) is 50.2 Å². The Morgan fingerprint density at radius 2 is 1.82 bits per heavy atom. The van der Waals surface area contributed by atoms with E-state index in [1.54, 1.807) is 0 Å². The zero-order valence-corrected chi connectivity index (χ0v) is 22.6. The van der Waals surface area contributed by atoms with Gasteiger partial charge in [-0.05, 0) is 35.4 Å². The molecule has 5 aromatic rings. The highest BCUT2D eigenvalue weighted by Gasteiger charge is 2.37. The molecular formula is C30H28F3N5OS. The number of thiophene rings is 1. The average molecular weight is 564 g/mol. The molecule has 10 heteroatoms. The number of aliphatic hydroxyl groups is 1. The molecule has 0 saturated heterocycles. The number of pyridine rings is 1. The van der Waals surface area contributed by atoms with Gasteiger partial charge in [0.15, 0.2) is 0 Å². The Hall–Kier alpha value is -3.60. The summed E-state index contributed by atoms with van der Waals surface area (Å²) < 4.78 is 38.8. The lowest BCUT2D eigenvalue weighted by Gasteiger charge is -2.28. The lowest BCUT2D eigenvalue weighted by molar-refractivity contribution is -0.126. The Labute approximate surface area is 233 Å². The number of aromatic nitrogens is 3. The molecule has 0 radical (unpaired) electrons. The van der Waals surface area contributed by atoms with Crippen LogP contribution >= 0.6 is 11.3 Å². The smallest absolute Gasteiger partial charge is 0.391 e. The summed E-state index contributed by atoms with van der Waals surface area (Å²) >= 11 is 1.03. The van der Waals surface area contributed by atoms with E-state index in [1.165, 1.54) is 17.8 Å². The minimum atomic E-state index is -4.28. The topological polar surface area (TPSA) is 74.2 Å². The molecule has 6 rings (SSSR count). The van der Waals surface area contributed by atoms with Gasteiger partial charge < -0.3 is 15.3 Å². The number of likely N-dealkylation sites (N-methyl/N-ethyl adjacent to an activating group) is 1. The Kier molecular flexibility index (Phi) is 7.16. The van der Waals surface area contributed by atoms with E-state index in [2.05, 4.69) is 56.7 Å².